The van der Waals surface area contributed by atoms with Crippen molar-refractivity contribution in [2.45, 2.75) is 25.7 Å². The molecule has 0 spiro atoms. The number of rotatable bonds is 2. The third kappa shape index (κ3) is 2.54. The van der Waals surface area contributed by atoms with Crippen LogP contribution in [-0.4, -0.2) is 22.9 Å². The third-order valence-electron chi connectivity index (χ3n) is 4.08. The third-order valence-corrected chi connectivity index (χ3v) is 4.86. The minimum atomic E-state index is 0.599. The highest BCUT2D eigenvalue weighted by atomic mass is 79.9. The molecule has 1 aliphatic rings. The summed E-state index contributed by atoms with van der Waals surface area (Å²) in [5.41, 5.74) is 4.85. The Morgan fingerprint density at radius 1 is 1.20 bits per heavy atom. The normalized spacial score (nSPS) is 16.6. The summed E-state index contributed by atoms with van der Waals surface area (Å²) in [7, 11) is 2.06. The molecule has 3 rings (SSSR count). The van der Waals surface area contributed by atoms with Crippen LogP contribution in [0.2, 0.25) is 0 Å². The van der Waals surface area contributed by atoms with Gasteiger partial charge in [0.1, 0.15) is 5.69 Å². The van der Waals surface area contributed by atoms with E-state index < -0.39 is 0 Å². The monoisotopic (exact) mass is 333 g/mol. The van der Waals surface area contributed by atoms with Gasteiger partial charge in [0.25, 0.3) is 0 Å². The Bertz CT molecular complexity index is 595. The summed E-state index contributed by atoms with van der Waals surface area (Å²) in [6.07, 6.45) is 2.37. The summed E-state index contributed by atoms with van der Waals surface area (Å²) >= 11 is 3.79. The molecular formula is C16H20BrN3. The smallest absolute Gasteiger partial charge is 0.107 e. The van der Waals surface area contributed by atoms with Crippen LogP contribution in [0, 0.1) is 6.92 Å². The van der Waals surface area contributed by atoms with Crippen molar-refractivity contribution in [3.05, 3.63) is 40.0 Å². The Morgan fingerprint density at radius 2 is 1.85 bits per heavy atom. The minimum absolute atomic E-state index is 0.599. The summed E-state index contributed by atoms with van der Waals surface area (Å²) in [5, 5.41) is 8.16. The number of hydrogen-bond donors (Lipinski definition) is 1. The molecule has 0 radical (unpaired) electrons. The summed E-state index contributed by atoms with van der Waals surface area (Å²) < 4.78 is 3.21. The van der Waals surface area contributed by atoms with Gasteiger partial charge in [0.2, 0.25) is 0 Å². The van der Waals surface area contributed by atoms with Crippen LogP contribution in [0.1, 0.15) is 30.0 Å². The topological polar surface area (TPSA) is 29.9 Å². The standard InChI is InChI=1S/C16H20BrN3/c1-11-3-5-12(6-4-11)15-14(17)16(20(2)19-15)13-7-9-18-10-8-13/h3-6,13,18H,7-10H2,1-2H3. The maximum Gasteiger partial charge on any atom is 0.107 e. The highest BCUT2D eigenvalue weighted by molar-refractivity contribution is 9.10. The number of aromatic nitrogens is 2. The molecule has 1 saturated heterocycles. The van der Waals surface area contributed by atoms with E-state index in [2.05, 4.69) is 64.2 Å². The van der Waals surface area contributed by atoms with Crippen LogP contribution in [0.25, 0.3) is 11.3 Å². The first-order chi connectivity index (χ1) is 9.66. The van der Waals surface area contributed by atoms with E-state index >= 15 is 0 Å². The van der Waals surface area contributed by atoms with E-state index in [9.17, 15) is 0 Å². The SMILES string of the molecule is Cc1ccc(-c2nn(C)c(C3CCNCC3)c2Br)cc1. The zero-order valence-electron chi connectivity index (χ0n) is 12.0. The van der Waals surface area contributed by atoms with Crippen LogP contribution >= 0.6 is 15.9 Å². The van der Waals surface area contributed by atoms with Crippen molar-refractivity contribution in [3.63, 3.8) is 0 Å². The summed E-state index contributed by atoms with van der Waals surface area (Å²) in [5.74, 6) is 0.599. The van der Waals surface area contributed by atoms with E-state index in [0.29, 0.717) is 5.92 Å². The van der Waals surface area contributed by atoms with E-state index in [-0.39, 0.29) is 0 Å². The molecule has 0 bridgehead atoms. The predicted octanol–water partition coefficient (Wildman–Crippen LogP) is 3.63. The van der Waals surface area contributed by atoms with E-state index in [0.717, 1.165) is 23.3 Å². The van der Waals surface area contributed by atoms with Crippen molar-refractivity contribution in [1.82, 2.24) is 15.1 Å². The van der Waals surface area contributed by atoms with Gasteiger partial charge in [-0.15, -0.1) is 0 Å². The van der Waals surface area contributed by atoms with E-state index in [1.165, 1.54) is 29.7 Å². The second kappa shape index (κ2) is 5.70. The van der Waals surface area contributed by atoms with Crippen molar-refractivity contribution in [3.8, 4) is 11.3 Å². The fourth-order valence-corrected chi connectivity index (χ4v) is 3.83. The number of benzene rings is 1. The molecule has 106 valence electrons. The van der Waals surface area contributed by atoms with Crippen molar-refractivity contribution in [2.75, 3.05) is 13.1 Å². The number of nitrogens with zero attached hydrogens (tertiary/aromatic N) is 2. The molecule has 3 nitrogen and oxygen atoms in total. The molecule has 1 aromatic carbocycles. The van der Waals surface area contributed by atoms with Crippen LogP contribution < -0.4 is 5.32 Å². The van der Waals surface area contributed by atoms with Crippen LogP contribution in [-0.2, 0) is 7.05 Å². The van der Waals surface area contributed by atoms with Crippen molar-refractivity contribution in [1.29, 1.82) is 0 Å². The Labute approximate surface area is 128 Å². The van der Waals surface area contributed by atoms with Crippen LogP contribution in [0.5, 0.6) is 0 Å². The van der Waals surface area contributed by atoms with Gasteiger partial charge < -0.3 is 5.32 Å². The van der Waals surface area contributed by atoms with Gasteiger partial charge in [-0.3, -0.25) is 4.68 Å². The van der Waals surface area contributed by atoms with Gasteiger partial charge in [-0.1, -0.05) is 29.8 Å². The predicted molar refractivity (Wildman–Crippen MR) is 85.9 cm³/mol. The molecule has 1 fully saturated rings. The van der Waals surface area contributed by atoms with Gasteiger partial charge in [0.05, 0.1) is 10.2 Å². The number of piperidine rings is 1. The summed E-state index contributed by atoms with van der Waals surface area (Å²) in [4.78, 5) is 0. The molecule has 20 heavy (non-hydrogen) atoms. The van der Waals surface area contributed by atoms with Gasteiger partial charge >= 0.3 is 0 Å². The Morgan fingerprint density at radius 3 is 2.50 bits per heavy atom. The molecule has 0 atom stereocenters. The van der Waals surface area contributed by atoms with Gasteiger partial charge in [-0.25, -0.2) is 0 Å². The number of halogens is 1. The molecular weight excluding hydrogens is 314 g/mol. The molecule has 2 aromatic rings. The average molecular weight is 334 g/mol. The molecule has 4 heteroatoms. The second-order valence-electron chi connectivity index (χ2n) is 5.56. The highest BCUT2D eigenvalue weighted by Gasteiger charge is 2.24. The lowest BCUT2D eigenvalue weighted by atomic mass is 9.94. The largest absolute Gasteiger partial charge is 0.317 e. The molecule has 1 aromatic heterocycles. The fraction of sp³-hybridized carbons (Fsp3) is 0.438. The Hall–Kier alpha value is -1.13. The summed E-state index contributed by atoms with van der Waals surface area (Å²) in [6, 6.07) is 8.57. The molecule has 0 amide bonds. The zero-order valence-corrected chi connectivity index (χ0v) is 13.6. The van der Waals surface area contributed by atoms with Gasteiger partial charge in [-0.2, -0.15) is 5.10 Å². The van der Waals surface area contributed by atoms with Gasteiger partial charge in [0.15, 0.2) is 0 Å². The van der Waals surface area contributed by atoms with Crippen molar-refractivity contribution >= 4 is 15.9 Å². The molecule has 1 N–H and O–H groups in total. The lowest BCUT2D eigenvalue weighted by molar-refractivity contribution is 0.439. The van der Waals surface area contributed by atoms with Gasteiger partial charge in [-0.05, 0) is 48.8 Å². The van der Waals surface area contributed by atoms with Gasteiger partial charge in [0, 0.05) is 18.5 Å². The van der Waals surface area contributed by atoms with Crippen LogP contribution in [0.15, 0.2) is 28.7 Å². The highest BCUT2D eigenvalue weighted by Crippen LogP contribution is 2.37. The quantitative estimate of drug-likeness (QED) is 0.909. The number of aryl methyl sites for hydroxylation is 2. The van der Waals surface area contributed by atoms with E-state index in [1.54, 1.807) is 0 Å². The van der Waals surface area contributed by atoms with E-state index in [1.807, 2.05) is 0 Å². The summed E-state index contributed by atoms with van der Waals surface area (Å²) in [6.45, 7) is 4.31. The lowest BCUT2D eigenvalue weighted by Crippen LogP contribution is -2.27. The van der Waals surface area contributed by atoms with Crippen LogP contribution in [0.3, 0.4) is 0 Å². The Kier molecular flexibility index (Phi) is 3.94. The first-order valence-electron chi connectivity index (χ1n) is 7.17. The first-order valence-corrected chi connectivity index (χ1v) is 7.96. The fourth-order valence-electron chi connectivity index (χ4n) is 2.95. The van der Waals surface area contributed by atoms with Crippen molar-refractivity contribution < 1.29 is 0 Å². The molecule has 0 saturated carbocycles. The Balaban J connectivity index is 1.99. The number of nitrogens with one attached hydrogen (secondary N) is 1. The second-order valence-corrected chi connectivity index (χ2v) is 6.35. The maximum absolute atomic E-state index is 4.73. The van der Waals surface area contributed by atoms with E-state index in [4.69, 9.17) is 5.10 Å². The average Bonchev–Trinajstić information content (AvgIpc) is 2.76. The first kappa shape index (κ1) is 13.8. The maximum atomic E-state index is 4.73. The molecule has 1 aliphatic heterocycles. The number of hydrogen-bond acceptors (Lipinski definition) is 2. The van der Waals surface area contributed by atoms with Crippen molar-refractivity contribution in [2.24, 2.45) is 7.05 Å². The van der Waals surface area contributed by atoms with Crippen LogP contribution in [0.4, 0.5) is 0 Å². The lowest BCUT2D eigenvalue weighted by Gasteiger charge is -2.23. The minimum Gasteiger partial charge on any atom is -0.317 e. The molecule has 0 unspecified atom stereocenters. The zero-order chi connectivity index (χ0) is 14.1. The molecule has 2 heterocycles. The molecule has 0 aliphatic carbocycles.